The molecule has 1 unspecified atom stereocenters. The van der Waals surface area contributed by atoms with Gasteiger partial charge in [-0.3, -0.25) is 4.79 Å². The summed E-state index contributed by atoms with van der Waals surface area (Å²) < 4.78 is 0. The van der Waals surface area contributed by atoms with E-state index >= 15 is 0 Å². The number of primary amides is 1. The molecule has 30 heavy (non-hydrogen) atoms. The minimum atomic E-state index is -0.778. The molecule has 1 atom stereocenters. The van der Waals surface area contributed by atoms with Gasteiger partial charge in [-0.05, 0) is 55.9 Å². The van der Waals surface area contributed by atoms with Crippen LogP contribution in [0.25, 0.3) is 0 Å². The van der Waals surface area contributed by atoms with Crippen molar-refractivity contribution in [3.63, 3.8) is 0 Å². The molecule has 0 radical (unpaired) electrons. The summed E-state index contributed by atoms with van der Waals surface area (Å²) in [6.07, 6.45) is 8.44. The predicted octanol–water partition coefficient (Wildman–Crippen LogP) is 4.08. The normalized spacial score (nSPS) is 17.3. The zero-order chi connectivity index (χ0) is 21.2. The van der Waals surface area contributed by atoms with E-state index in [1.54, 1.807) is 0 Å². The molecule has 4 N–H and O–H groups in total. The van der Waals surface area contributed by atoms with Crippen molar-refractivity contribution in [1.29, 1.82) is 0 Å². The van der Waals surface area contributed by atoms with Crippen LogP contribution in [0.2, 0.25) is 0 Å². The van der Waals surface area contributed by atoms with Gasteiger partial charge in [-0.15, -0.1) is 0 Å². The molecule has 1 heterocycles. The standard InChI is InChI=1S/C26H37N3O/c27-18-11-3-1-2-4-12-19-29-20-17-24(21-29)26(25(28)30,22-13-7-5-8-14-22)23-15-9-6-10-16-23/h5-10,13-16,24H,1-4,11-12,17-21,27H2,(H2,28,30). The van der Waals surface area contributed by atoms with E-state index in [2.05, 4.69) is 29.2 Å². The summed E-state index contributed by atoms with van der Waals surface area (Å²) in [5.41, 5.74) is 13.0. The lowest BCUT2D eigenvalue weighted by molar-refractivity contribution is -0.123. The number of amides is 1. The van der Waals surface area contributed by atoms with E-state index < -0.39 is 5.41 Å². The molecule has 0 saturated carbocycles. The number of carbonyl (C=O) groups excluding carboxylic acids is 1. The molecule has 162 valence electrons. The molecule has 2 aromatic rings. The number of nitrogens with zero attached hydrogens (tertiary/aromatic N) is 1. The summed E-state index contributed by atoms with van der Waals surface area (Å²) in [5.74, 6) is -0.0593. The Morgan fingerprint density at radius 2 is 1.40 bits per heavy atom. The minimum Gasteiger partial charge on any atom is -0.369 e. The van der Waals surface area contributed by atoms with Crippen molar-refractivity contribution in [2.45, 2.75) is 50.4 Å². The van der Waals surface area contributed by atoms with Gasteiger partial charge in [0.2, 0.25) is 5.91 Å². The van der Waals surface area contributed by atoms with Gasteiger partial charge in [0.15, 0.2) is 0 Å². The van der Waals surface area contributed by atoms with Crippen LogP contribution in [0.3, 0.4) is 0 Å². The van der Waals surface area contributed by atoms with Crippen molar-refractivity contribution in [2.75, 3.05) is 26.2 Å². The lowest BCUT2D eigenvalue weighted by Gasteiger charge is -2.37. The van der Waals surface area contributed by atoms with Crippen molar-refractivity contribution in [2.24, 2.45) is 17.4 Å². The highest BCUT2D eigenvalue weighted by molar-refractivity contribution is 5.91. The number of benzene rings is 2. The van der Waals surface area contributed by atoms with Gasteiger partial charge in [-0.25, -0.2) is 0 Å². The quantitative estimate of drug-likeness (QED) is 0.521. The second kappa shape index (κ2) is 11.3. The molecular weight excluding hydrogens is 370 g/mol. The van der Waals surface area contributed by atoms with Gasteiger partial charge in [0.25, 0.3) is 0 Å². The molecule has 1 amide bonds. The van der Waals surface area contributed by atoms with Crippen LogP contribution in [0.15, 0.2) is 60.7 Å². The second-order valence-electron chi connectivity index (χ2n) is 8.60. The predicted molar refractivity (Wildman–Crippen MR) is 124 cm³/mol. The molecule has 1 saturated heterocycles. The van der Waals surface area contributed by atoms with E-state index in [4.69, 9.17) is 11.5 Å². The van der Waals surface area contributed by atoms with Crippen LogP contribution in [0, 0.1) is 5.92 Å². The highest BCUT2D eigenvalue weighted by Gasteiger charge is 2.49. The van der Waals surface area contributed by atoms with Crippen LogP contribution >= 0.6 is 0 Å². The summed E-state index contributed by atoms with van der Waals surface area (Å²) in [7, 11) is 0. The fourth-order valence-electron chi connectivity index (χ4n) is 5.10. The highest BCUT2D eigenvalue weighted by Crippen LogP contribution is 2.43. The molecule has 1 aliphatic rings. The third-order valence-corrected chi connectivity index (χ3v) is 6.66. The first-order chi connectivity index (χ1) is 14.7. The fraction of sp³-hybridized carbons (Fsp3) is 0.500. The monoisotopic (exact) mass is 407 g/mol. The van der Waals surface area contributed by atoms with Gasteiger partial charge in [0.1, 0.15) is 5.41 Å². The van der Waals surface area contributed by atoms with Gasteiger partial charge in [-0.2, -0.15) is 0 Å². The number of unbranched alkanes of at least 4 members (excludes halogenated alkanes) is 5. The van der Waals surface area contributed by atoms with Gasteiger partial charge < -0.3 is 16.4 Å². The molecule has 1 aliphatic heterocycles. The summed E-state index contributed by atoms with van der Waals surface area (Å²) in [6, 6.07) is 20.2. The molecule has 4 heteroatoms. The van der Waals surface area contributed by atoms with E-state index in [9.17, 15) is 4.79 Å². The Morgan fingerprint density at radius 3 is 1.93 bits per heavy atom. The topological polar surface area (TPSA) is 72.3 Å². The SMILES string of the molecule is NCCCCCCCCN1CCC(C(C(N)=O)(c2ccccc2)c2ccccc2)C1. The first-order valence-corrected chi connectivity index (χ1v) is 11.5. The van der Waals surface area contributed by atoms with Crippen molar-refractivity contribution in [3.05, 3.63) is 71.8 Å². The molecule has 4 nitrogen and oxygen atoms in total. The molecule has 0 aliphatic carbocycles. The van der Waals surface area contributed by atoms with Crippen LogP contribution in [-0.2, 0) is 10.2 Å². The average molecular weight is 408 g/mol. The number of rotatable bonds is 12. The Kier molecular flexibility index (Phi) is 8.47. The summed E-state index contributed by atoms with van der Waals surface area (Å²) in [5, 5.41) is 0. The number of likely N-dealkylation sites (tertiary alicyclic amines) is 1. The van der Waals surface area contributed by atoms with Crippen LogP contribution in [-0.4, -0.2) is 37.0 Å². The molecule has 1 fully saturated rings. The Bertz CT molecular complexity index is 723. The number of nitrogens with two attached hydrogens (primary N) is 2. The zero-order valence-electron chi connectivity index (χ0n) is 18.1. The maximum Gasteiger partial charge on any atom is 0.232 e. The van der Waals surface area contributed by atoms with Crippen molar-refractivity contribution < 1.29 is 4.79 Å². The Morgan fingerprint density at radius 1 is 0.867 bits per heavy atom. The van der Waals surface area contributed by atoms with Crippen LogP contribution in [0.5, 0.6) is 0 Å². The minimum absolute atomic E-state index is 0.185. The third kappa shape index (κ3) is 5.11. The van der Waals surface area contributed by atoms with Gasteiger partial charge in [0, 0.05) is 6.54 Å². The first kappa shape index (κ1) is 22.5. The third-order valence-electron chi connectivity index (χ3n) is 6.66. The Labute approximate surface area is 181 Å². The van der Waals surface area contributed by atoms with E-state index in [0.717, 1.165) is 50.1 Å². The molecule has 0 aromatic heterocycles. The van der Waals surface area contributed by atoms with Crippen LogP contribution in [0.4, 0.5) is 0 Å². The molecule has 2 aromatic carbocycles. The lowest BCUT2D eigenvalue weighted by Crippen LogP contribution is -2.49. The van der Waals surface area contributed by atoms with E-state index in [1.165, 1.54) is 32.1 Å². The summed E-state index contributed by atoms with van der Waals surface area (Å²) in [6.45, 7) is 3.86. The molecule has 0 bridgehead atoms. The fourth-order valence-corrected chi connectivity index (χ4v) is 5.10. The van der Waals surface area contributed by atoms with E-state index in [-0.39, 0.29) is 11.8 Å². The smallest absolute Gasteiger partial charge is 0.232 e. The summed E-state index contributed by atoms with van der Waals surface area (Å²) in [4.78, 5) is 15.6. The second-order valence-corrected chi connectivity index (χ2v) is 8.60. The first-order valence-electron chi connectivity index (χ1n) is 11.5. The molecular formula is C26H37N3O. The lowest BCUT2D eigenvalue weighted by atomic mass is 9.64. The number of carbonyl (C=O) groups is 1. The molecule has 3 rings (SSSR count). The van der Waals surface area contributed by atoms with Gasteiger partial charge in [-0.1, -0.05) is 86.3 Å². The Hall–Kier alpha value is -2.17. The van der Waals surface area contributed by atoms with E-state index in [0.29, 0.717) is 0 Å². The van der Waals surface area contributed by atoms with Gasteiger partial charge in [0.05, 0.1) is 0 Å². The average Bonchev–Trinajstić information content (AvgIpc) is 3.24. The maximum absolute atomic E-state index is 13.1. The molecule has 0 spiro atoms. The van der Waals surface area contributed by atoms with Gasteiger partial charge >= 0.3 is 0 Å². The zero-order valence-corrected chi connectivity index (χ0v) is 18.1. The number of hydrogen-bond donors (Lipinski definition) is 2. The van der Waals surface area contributed by atoms with Crippen LogP contribution in [0.1, 0.15) is 56.1 Å². The highest BCUT2D eigenvalue weighted by atomic mass is 16.1. The largest absolute Gasteiger partial charge is 0.369 e. The Balaban J connectivity index is 1.71. The van der Waals surface area contributed by atoms with Crippen molar-refractivity contribution >= 4 is 5.91 Å². The van der Waals surface area contributed by atoms with E-state index in [1.807, 2.05) is 36.4 Å². The van der Waals surface area contributed by atoms with Crippen LogP contribution < -0.4 is 11.5 Å². The van der Waals surface area contributed by atoms with Crippen molar-refractivity contribution in [1.82, 2.24) is 4.90 Å². The summed E-state index contributed by atoms with van der Waals surface area (Å²) >= 11 is 0. The number of hydrogen-bond acceptors (Lipinski definition) is 3. The maximum atomic E-state index is 13.1. The van der Waals surface area contributed by atoms with Crippen molar-refractivity contribution in [3.8, 4) is 0 Å².